The Hall–Kier alpha value is -2.24. The topological polar surface area (TPSA) is 47.8 Å². The Morgan fingerprint density at radius 1 is 1.23 bits per heavy atom. The number of carbonyl (C=O) groups excluding carboxylic acids is 1. The van der Waals surface area contributed by atoms with Crippen LogP contribution < -0.4 is 0 Å². The summed E-state index contributed by atoms with van der Waals surface area (Å²) in [5.41, 5.74) is 2.64. The number of nitrogens with zero attached hydrogens (tertiary/aromatic N) is 3. The lowest BCUT2D eigenvalue weighted by atomic mass is 10.2. The third-order valence-electron chi connectivity index (χ3n) is 3.52. The number of halogens is 1. The van der Waals surface area contributed by atoms with Crippen molar-refractivity contribution >= 4 is 49.4 Å². The van der Waals surface area contributed by atoms with Gasteiger partial charge in [0.15, 0.2) is 5.65 Å². The Morgan fingerprint density at radius 3 is 2.73 bits per heavy atom. The van der Waals surface area contributed by atoms with E-state index in [-0.39, 0.29) is 0 Å². The monoisotopic (exact) mass is 327 g/mol. The minimum absolute atomic E-state index is 0.450. The summed E-state index contributed by atoms with van der Waals surface area (Å²) in [5, 5.41) is 6.02. The molecule has 0 aliphatic heterocycles. The zero-order valence-electron chi connectivity index (χ0n) is 11.6. The highest BCUT2D eigenvalue weighted by atomic mass is 35.5. The Labute approximate surface area is 135 Å². The standard InChI is InChI=1S/C16H10ClN3OS/c1-9-12-7-10-8-13(14(17)21)22-16(10)18-15(12)20(19-9)11-5-3-2-4-6-11/h2-8H,1H3. The van der Waals surface area contributed by atoms with E-state index >= 15 is 0 Å². The van der Waals surface area contributed by atoms with Crippen molar-refractivity contribution in [1.29, 1.82) is 0 Å². The number of carbonyl (C=O) groups is 1. The maximum Gasteiger partial charge on any atom is 0.262 e. The van der Waals surface area contributed by atoms with Crippen LogP contribution in [0.5, 0.6) is 0 Å². The van der Waals surface area contributed by atoms with Gasteiger partial charge in [-0.25, -0.2) is 9.67 Å². The fourth-order valence-corrected chi connectivity index (χ4v) is 3.50. The van der Waals surface area contributed by atoms with Gasteiger partial charge >= 0.3 is 0 Å². The van der Waals surface area contributed by atoms with Crippen LogP contribution in [0.4, 0.5) is 0 Å². The molecule has 0 bridgehead atoms. The van der Waals surface area contributed by atoms with E-state index in [1.54, 1.807) is 6.07 Å². The fourth-order valence-electron chi connectivity index (χ4n) is 2.49. The molecule has 0 spiro atoms. The Morgan fingerprint density at radius 2 is 2.00 bits per heavy atom. The second-order valence-corrected chi connectivity index (χ2v) is 6.34. The number of rotatable bonds is 2. The van der Waals surface area contributed by atoms with Crippen LogP contribution in [0, 0.1) is 6.92 Å². The van der Waals surface area contributed by atoms with Gasteiger partial charge in [0.05, 0.1) is 16.3 Å². The van der Waals surface area contributed by atoms with E-state index in [0.717, 1.165) is 32.6 Å². The van der Waals surface area contributed by atoms with Gasteiger partial charge in [-0.15, -0.1) is 11.3 Å². The Bertz CT molecular complexity index is 1020. The molecule has 3 aromatic heterocycles. The first-order chi connectivity index (χ1) is 10.6. The summed E-state index contributed by atoms with van der Waals surface area (Å²) in [4.78, 5) is 17.3. The molecule has 4 nitrogen and oxygen atoms in total. The highest BCUT2D eigenvalue weighted by Gasteiger charge is 2.15. The number of fused-ring (bicyclic) bond motifs is 2. The molecule has 1 aromatic carbocycles. The van der Waals surface area contributed by atoms with E-state index in [9.17, 15) is 4.79 Å². The largest absolute Gasteiger partial charge is 0.275 e. The quantitative estimate of drug-likeness (QED) is 0.515. The van der Waals surface area contributed by atoms with Crippen molar-refractivity contribution in [3.8, 4) is 5.69 Å². The van der Waals surface area contributed by atoms with Crippen molar-refractivity contribution in [2.45, 2.75) is 6.92 Å². The molecule has 0 radical (unpaired) electrons. The maximum absolute atomic E-state index is 11.3. The molecule has 0 atom stereocenters. The van der Waals surface area contributed by atoms with E-state index in [1.165, 1.54) is 11.3 Å². The zero-order chi connectivity index (χ0) is 15.3. The number of aromatic nitrogens is 3. The van der Waals surface area contributed by atoms with Gasteiger partial charge in [0.1, 0.15) is 4.83 Å². The smallest absolute Gasteiger partial charge is 0.262 e. The minimum atomic E-state index is -0.450. The van der Waals surface area contributed by atoms with Gasteiger partial charge in [-0.1, -0.05) is 18.2 Å². The van der Waals surface area contributed by atoms with Crippen LogP contribution in [0.3, 0.4) is 0 Å². The van der Waals surface area contributed by atoms with Gasteiger partial charge < -0.3 is 0 Å². The molecule has 0 saturated carbocycles. The molecule has 4 rings (SSSR count). The molecule has 0 N–H and O–H groups in total. The summed E-state index contributed by atoms with van der Waals surface area (Å²) in [6.07, 6.45) is 0. The first-order valence-corrected chi connectivity index (χ1v) is 7.88. The molecular weight excluding hydrogens is 318 g/mol. The SMILES string of the molecule is Cc1nn(-c2ccccc2)c2nc3sc(C(=O)Cl)cc3cc12. The van der Waals surface area contributed by atoms with E-state index in [2.05, 4.69) is 10.1 Å². The van der Waals surface area contributed by atoms with Gasteiger partial charge in [-0.2, -0.15) is 5.10 Å². The van der Waals surface area contributed by atoms with Crippen molar-refractivity contribution in [2.24, 2.45) is 0 Å². The summed E-state index contributed by atoms with van der Waals surface area (Å²) in [6.45, 7) is 1.95. The van der Waals surface area contributed by atoms with Crippen LogP contribution in [0.1, 0.15) is 15.4 Å². The van der Waals surface area contributed by atoms with E-state index in [0.29, 0.717) is 4.88 Å². The number of thiophene rings is 1. The Kier molecular flexibility index (Phi) is 2.99. The highest BCUT2D eigenvalue weighted by Crippen LogP contribution is 2.30. The molecular formula is C16H10ClN3OS. The lowest BCUT2D eigenvalue weighted by molar-refractivity contribution is 0.108. The lowest BCUT2D eigenvalue weighted by Crippen LogP contribution is -1.97. The predicted molar refractivity (Wildman–Crippen MR) is 89.2 cm³/mol. The predicted octanol–water partition coefficient (Wildman–Crippen LogP) is 4.32. The second kappa shape index (κ2) is 4.90. The summed E-state index contributed by atoms with van der Waals surface area (Å²) < 4.78 is 1.83. The number of pyridine rings is 1. The van der Waals surface area contributed by atoms with Crippen LogP contribution in [-0.2, 0) is 0 Å². The lowest BCUT2D eigenvalue weighted by Gasteiger charge is -2.01. The molecule has 108 valence electrons. The fraction of sp³-hybridized carbons (Fsp3) is 0.0625. The molecule has 4 aromatic rings. The summed E-state index contributed by atoms with van der Waals surface area (Å²) in [7, 11) is 0. The molecule has 6 heteroatoms. The third kappa shape index (κ3) is 2.01. The summed E-state index contributed by atoms with van der Waals surface area (Å²) in [5.74, 6) is 0. The van der Waals surface area contributed by atoms with Crippen LogP contribution in [0.2, 0.25) is 0 Å². The van der Waals surface area contributed by atoms with Gasteiger partial charge in [0.2, 0.25) is 0 Å². The number of hydrogen-bond donors (Lipinski definition) is 0. The van der Waals surface area contributed by atoms with E-state index < -0.39 is 5.24 Å². The molecule has 0 saturated heterocycles. The van der Waals surface area contributed by atoms with Crippen molar-refractivity contribution in [2.75, 3.05) is 0 Å². The van der Waals surface area contributed by atoms with Crippen molar-refractivity contribution in [3.05, 3.63) is 53.0 Å². The Balaban J connectivity index is 2.04. The molecule has 22 heavy (non-hydrogen) atoms. The average Bonchev–Trinajstić information content (AvgIpc) is 3.08. The van der Waals surface area contributed by atoms with Crippen molar-refractivity contribution in [3.63, 3.8) is 0 Å². The normalized spacial score (nSPS) is 11.4. The van der Waals surface area contributed by atoms with Crippen molar-refractivity contribution < 1.29 is 4.79 Å². The van der Waals surface area contributed by atoms with Crippen LogP contribution in [0.15, 0.2) is 42.5 Å². The molecule has 0 aliphatic carbocycles. The minimum Gasteiger partial charge on any atom is -0.275 e. The van der Waals surface area contributed by atoms with Crippen LogP contribution >= 0.6 is 22.9 Å². The van der Waals surface area contributed by atoms with Gasteiger partial charge in [0, 0.05) is 10.8 Å². The second-order valence-electron chi connectivity index (χ2n) is 4.97. The molecule has 0 unspecified atom stereocenters. The maximum atomic E-state index is 11.3. The average molecular weight is 328 g/mol. The highest BCUT2D eigenvalue weighted by molar-refractivity contribution is 7.21. The van der Waals surface area contributed by atoms with Crippen molar-refractivity contribution in [1.82, 2.24) is 14.8 Å². The first-order valence-electron chi connectivity index (χ1n) is 6.68. The number of hydrogen-bond acceptors (Lipinski definition) is 4. The van der Waals surface area contributed by atoms with Gasteiger partial charge in [-0.3, -0.25) is 4.79 Å². The number of aryl methyl sites for hydroxylation is 1. The molecule has 0 fully saturated rings. The van der Waals surface area contributed by atoms with Crippen LogP contribution in [0.25, 0.3) is 26.9 Å². The van der Waals surface area contributed by atoms with Gasteiger partial charge in [0.25, 0.3) is 5.24 Å². The first kappa shape index (κ1) is 13.4. The number of benzene rings is 1. The zero-order valence-corrected chi connectivity index (χ0v) is 13.1. The molecule has 3 heterocycles. The summed E-state index contributed by atoms with van der Waals surface area (Å²) in [6, 6.07) is 13.7. The summed E-state index contributed by atoms with van der Waals surface area (Å²) >= 11 is 6.86. The van der Waals surface area contributed by atoms with Crippen LogP contribution in [-0.4, -0.2) is 20.0 Å². The van der Waals surface area contributed by atoms with E-state index in [4.69, 9.17) is 11.6 Å². The van der Waals surface area contributed by atoms with E-state index in [1.807, 2.05) is 48.0 Å². The molecule has 0 amide bonds. The third-order valence-corrected chi connectivity index (χ3v) is 4.88. The molecule has 0 aliphatic rings. The van der Waals surface area contributed by atoms with Gasteiger partial charge in [-0.05, 0) is 42.8 Å². The number of para-hydroxylation sites is 1.